The highest BCUT2D eigenvalue weighted by atomic mass is 16.1. The highest BCUT2D eigenvalue weighted by Crippen LogP contribution is 2.21. The van der Waals surface area contributed by atoms with Crippen molar-refractivity contribution in [3.8, 4) is 0 Å². The standard InChI is InChI=1S/C15H29N3O/c1-16(2)7-8-17-9-11-18(12-10-17)13-14-5-3-4-6-15(14)19/h14H,3-13H2,1-2H3. The largest absolute Gasteiger partial charge is 0.308 e. The number of Topliss-reactive ketones (excluding diaryl/α,β-unsaturated/α-hetero) is 1. The molecule has 4 nitrogen and oxygen atoms in total. The van der Waals surface area contributed by atoms with Crippen LogP contribution in [0.3, 0.4) is 0 Å². The van der Waals surface area contributed by atoms with Crippen molar-refractivity contribution in [3.63, 3.8) is 0 Å². The van der Waals surface area contributed by atoms with E-state index in [1.165, 1.54) is 13.0 Å². The third-order valence-corrected chi connectivity index (χ3v) is 4.49. The lowest BCUT2D eigenvalue weighted by atomic mass is 9.87. The van der Waals surface area contributed by atoms with E-state index in [0.717, 1.165) is 58.5 Å². The van der Waals surface area contributed by atoms with Crippen molar-refractivity contribution in [2.24, 2.45) is 5.92 Å². The fourth-order valence-corrected chi connectivity index (χ4v) is 3.10. The Morgan fingerprint density at radius 2 is 1.79 bits per heavy atom. The lowest BCUT2D eigenvalue weighted by molar-refractivity contribution is -0.125. The number of rotatable bonds is 5. The van der Waals surface area contributed by atoms with Gasteiger partial charge in [-0.1, -0.05) is 6.42 Å². The minimum atomic E-state index is 0.335. The molecule has 4 heteroatoms. The molecule has 1 heterocycles. The van der Waals surface area contributed by atoms with Crippen LogP contribution in [0.5, 0.6) is 0 Å². The van der Waals surface area contributed by atoms with Crippen LogP contribution in [-0.4, -0.2) is 80.4 Å². The van der Waals surface area contributed by atoms with Gasteiger partial charge in [0.25, 0.3) is 0 Å². The second-order valence-electron chi connectivity index (χ2n) is 6.35. The maximum Gasteiger partial charge on any atom is 0.137 e. The second-order valence-corrected chi connectivity index (χ2v) is 6.35. The smallest absolute Gasteiger partial charge is 0.137 e. The molecule has 0 spiro atoms. The first-order valence-electron chi connectivity index (χ1n) is 7.77. The summed E-state index contributed by atoms with van der Waals surface area (Å²) in [7, 11) is 4.26. The highest BCUT2D eigenvalue weighted by molar-refractivity contribution is 5.81. The average Bonchev–Trinajstić information content (AvgIpc) is 2.40. The molecule has 1 saturated heterocycles. The first-order valence-corrected chi connectivity index (χ1v) is 7.77. The molecule has 1 saturated carbocycles. The van der Waals surface area contributed by atoms with E-state index in [1.54, 1.807) is 0 Å². The Morgan fingerprint density at radius 3 is 2.42 bits per heavy atom. The predicted molar refractivity (Wildman–Crippen MR) is 78.4 cm³/mol. The van der Waals surface area contributed by atoms with Crippen LogP contribution in [0.1, 0.15) is 25.7 Å². The summed E-state index contributed by atoms with van der Waals surface area (Å²) in [6.07, 6.45) is 4.32. The number of carbonyl (C=O) groups is 1. The lowest BCUT2D eigenvalue weighted by Gasteiger charge is -2.37. The van der Waals surface area contributed by atoms with Gasteiger partial charge in [0.15, 0.2) is 0 Å². The maximum atomic E-state index is 11.9. The van der Waals surface area contributed by atoms with Crippen molar-refractivity contribution in [2.75, 3.05) is 59.9 Å². The molecule has 1 atom stereocenters. The molecule has 2 rings (SSSR count). The lowest BCUT2D eigenvalue weighted by Crippen LogP contribution is -2.49. The normalized spacial score (nSPS) is 27.1. The van der Waals surface area contributed by atoms with Crippen molar-refractivity contribution in [1.29, 1.82) is 0 Å². The molecule has 2 fully saturated rings. The van der Waals surface area contributed by atoms with Gasteiger partial charge in [0, 0.05) is 58.2 Å². The van der Waals surface area contributed by atoms with Gasteiger partial charge in [0.05, 0.1) is 0 Å². The third-order valence-electron chi connectivity index (χ3n) is 4.49. The molecule has 0 aromatic heterocycles. The van der Waals surface area contributed by atoms with Gasteiger partial charge in [-0.15, -0.1) is 0 Å². The average molecular weight is 267 g/mol. The van der Waals surface area contributed by atoms with Gasteiger partial charge < -0.3 is 9.80 Å². The van der Waals surface area contributed by atoms with Crippen LogP contribution >= 0.6 is 0 Å². The molecular weight excluding hydrogens is 238 g/mol. The quantitative estimate of drug-likeness (QED) is 0.740. The minimum absolute atomic E-state index is 0.335. The Morgan fingerprint density at radius 1 is 1.11 bits per heavy atom. The molecular formula is C15H29N3O. The van der Waals surface area contributed by atoms with Gasteiger partial charge in [-0.3, -0.25) is 9.69 Å². The maximum absolute atomic E-state index is 11.9. The summed E-state index contributed by atoms with van der Waals surface area (Å²) in [5, 5.41) is 0. The van der Waals surface area contributed by atoms with Gasteiger partial charge in [-0.2, -0.15) is 0 Å². The van der Waals surface area contributed by atoms with E-state index >= 15 is 0 Å². The number of likely N-dealkylation sites (N-methyl/N-ethyl adjacent to an activating group) is 1. The Labute approximate surface area is 117 Å². The van der Waals surface area contributed by atoms with E-state index in [4.69, 9.17) is 0 Å². The molecule has 0 radical (unpaired) electrons. The summed E-state index contributed by atoms with van der Waals surface area (Å²) in [5.74, 6) is 0.850. The number of ketones is 1. The Bertz CT molecular complexity index is 285. The number of hydrogen-bond acceptors (Lipinski definition) is 4. The highest BCUT2D eigenvalue weighted by Gasteiger charge is 2.26. The van der Waals surface area contributed by atoms with Crippen LogP contribution in [0.25, 0.3) is 0 Å². The van der Waals surface area contributed by atoms with Crippen molar-refractivity contribution in [1.82, 2.24) is 14.7 Å². The van der Waals surface area contributed by atoms with E-state index in [9.17, 15) is 4.79 Å². The summed E-state index contributed by atoms with van der Waals surface area (Å²) >= 11 is 0. The van der Waals surface area contributed by atoms with Gasteiger partial charge in [-0.25, -0.2) is 0 Å². The summed E-state index contributed by atoms with van der Waals surface area (Å²) in [5.41, 5.74) is 0. The molecule has 19 heavy (non-hydrogen) atoms. The Kier molecular flexibility index (Phi) is 5.79. The first-order chi connectivity index (χ1) is 9.15. The van der Waals surface area contributed by atoms with E-state index in [1.807, 2.05) is 0 Å². The van der Waals surface area contributed by atoms with Crippen LogP contribution in [-0.2, 0) is 4.79 Å². The predicted octanol–water partition coefficient (Wildman–Crippen LogP) is 0.925. The van der Waals surface area contributed by atoms with Crippen molar-refractivity contribution in [2.45, 2.75) is 25.7 Å². The summed E-state index contributed by atoms with van der Waals surface area (Å²) in [6.45, 7) is 7.92. The SMILES string of the molecule is CN(C)CCN1CCN(CC2CCCCC2=O)CC1. The zero-order valence-electron chi connectivity index (χ0n) is 12.6. The summed E-state index contributed by atoms with van der Waals surface area (Å²) in [6, 6.07) is 0. The molecule has 110 valence electrons. The molecule has 2 aliphatic rings. The topological polar surface area (TPSA) is 26.8 Å². The molecule has 0 N–H and O–H groups in total. The van der Waals surface area contributed by atoms with Gasteiger partial charge >= 0.3 is 0 Å². The van der Waals surface area contributed by atoms with Crippen LogP contribution in [0.15, 0.2) is 0 Å². The zero-order valence-corrected chi connectivity index (χ0v) is 12.6. The van der Waals surface area contributed by atoms with Gasteiger partial charge in [0.2, 0.25) is 0 Å². The van der Waals surface area contributed by atoms with E-state index in [2.05, 4.69) is 28.8 Å². The van der Waals surface area contributed by atoms with Crippen molar-refractivity contribution in [3.05, 3.63) is 0 Å². The molecule has 1 unspecified atom stereocenters. The molecule has 0 bridgehead atoms. The summed E-state index contributed by atoms with van der Waals surface area (Å²) < 4.78 is 0. The molecule has 0 aromatic carbocycles. The number of carbonyl (C=O) groups excluding carboxylic acids is 1. The third kappa shape index (κ3) is 4.86. The van der Waals surface area contributed by atoms with E-state index in [0.29, 0.717) is 11.7 Å². The van der Waals surface area contributed by atoms with Crippen LogP contribution in [0.2, 0.25) is 0 Å². The second kappa shape index (κ2) is 7.36. The first kappa shape index (κ1) is 14.9. The molecule has 0 amide bonds. The fraction of sp³-hybridized carbons (Fsp3) is 0.933. The van der Waals surface area contributed by atoms with Gasteiger partial charge in [0.1, 0.15) is 5.78 Å². The Hall–Kier alpha value is -0.450. The van der Waals surface area contributed by atoms with Crippen LogP contribution < -0.4 is 0 Å². The fourth-order valence-electron chi connectivity index (χ4n) is 3.10. The van der Waals surface area contributed by atoms with Gasteiger partial charge in [-0.05, 0) is 26.9 Å². The minimum Gasteiger partial charge on any atom is -0.308 e. The van der Waals surface area contributed by atoms with Crippen molar-refractivity contribution < 1.29 is 4.79 Å². The number of hydrogen-bond donors (Lipinski definition) is 0. The molecule has 1 aliphatic heterocycles. The number of piperazine rings is 1. The number of nitrogens with zero attached hydrogens (tertiary/aromatic N) is 3. The van der Waals surface area contributed by atoms with Crippen LogP contribution in [0, 0.1) is 5.92 Å². The molecule has 1 aliphatic carbocycles. The molecule has 0 aromatic rings. The van der Waals surface area contributed by atoms with Crippen molar-refractivity contribution >= 4 is 5.78 Å². The zero-order chi connectivity index (χ0) is 13.7. The van der Waals surface area contributed by atoms with Crippen LogP contribution in [0.4, 0.5) is 0 Å². The summed E-state index contributed by atoms with van der Waals surface area (Å²) in [4.78, 5) is 19.2. The monoisotopic (exact) mass is 267 g/mol. The Balaban J connectivity index is 1.67. The van der Waals surface area contributed by atoms with E-state index < -0.39 is 0 Å². The van der Waals surface area contributed by atoms with E-state index in [-0.39, 0.29) is 0 Å².